The molecular formula is C10H19N3OS2. The standard InChI is InChI=1S/C10H19N3OS2/c1-3-12-10(2,7-14)5-4-6-15-9-11-8-13-16-9/h8,12,14H,3-7H2,1-2H3. The third-order valence-electron chi connectivity index (χ3n) is 2.39. The molecule has 1 rings (SSSR count). The number of aromatic nitrogens is 2. The summed E-state index contributed by atoms with van der Waals surface area (Å²) in [5, 5.41) is 12.6. The zero-order valence-electron chi connectivity index (χ0n) is 9.77. The quantitative estimate of drug-likeness (QED) is 0.552. The summed E-state index contributed by atoms with van der Waals surface area (Å²) in [5.41, 5.74) is -0.142. The van der Waals surface area contributed by atoms with Gasteiger partial charge in [-0.1, -0.05) is 18.7 Å². The molecule has 0 aliphatic heterocycles. The number of aliphatic hydroxyl groups is 1. The molecule has 92 valence electrons. The summed E-state index contributed by atoms with van der Waals surface area (Å²) in [6, 6.07) is 0. The van der Waals surface area contributed by atoms with Crippen LogP contribution < -0.4 is 5.32 Å². The normalized spacial score (nSPS) is 14.9. The molecule has 0 bridgehead atoms. The highest BCUT2D eigenvalue weighted by Gasteiger charge is 2.20. The highest BCUT2D eigenvalue weighted by atomic mass is 32.2. The first kappa shape index (κ1) is 13.9. The first-order valence-electron chi connectivity index (χ1n) is 5.45. The van der Waals surface area contributed by atoms with E-state index in [9.17, 15) is 5.11 Å². The van der Waals surface area contributed by atoms with Gasteiger partial charge < -0.3 is 10.4 Å². The molecule has 1 aromatic heterocycles. The van der Waals surface area contributed by atoms with Gasteiger partial charge >= 0.3 is 0 Å². The van der Waals surface area contributed by atoms with Crippen LogP contribution in [-0.2, 0) is 0 Å². The molecule has 1 aromatic rings. The second kappa shape index (κ2) is 7.21. The second-order valence-electron chi connectivity index (χ2n) is 3.91. The lowest BCUT2D eigenvalue weighted by molar-refractivity contribution is 0.167. The van der Waals surface area contributed by atoms with E-state index in [1.807, 2.05) is 0 Å². The molecule has 0 aliphatic rings. The van der Waals surface area contributed by atoms with Gasteiger partial charge in [-0.2, -0.15) is 4.37 Å². The number of hydrogen-bond donors (Lipinski definition) is 2. The largest absolute Gasteiger partial charge is 0.394 e. The number of hydrogen-bond acceptors (Lipinski definition) is 6. The van der Waals surface area contributed by atoms with Crippen molar-refractivity contribution in [2.75, 3.05) is 18.9 Å². The van der Waals surface area contributed by atoms with Gasteiger partial charge in [-0.25, -0.2) is 4.98 Å². The molecule has 0 aliphatic carbocycles. The van der Waals surface area contributed by atoms with Gasteiger partial charge in [0.2, 0.25) is 0 Å². The van der Waals surface area contributed by atoms with Gasteiger partial charge in [-0.3, -0.25) is 0 Å². The Hall–Kier alpha value is -0.170. The van der Waals surface area contributed by atoms with Crippen molar-refractivity contribution in [3.63, 3.8) is 0 Å². The van der Waals surface area contributed by atoms with E-state index >= 15 is 0 Å². The Labute approximate surface area is 105 Å². The fraction of sp³-hybridized carbons (Fsp3) is 0.800. The lowest BCUT2D eigenvalue weighted by Crippen LogP contribution is -2.45. The molecular weight excluding hydrogens is 242 g/mol. The lowest BCUT2D eigenvalue weighted by atomic mass is 9.97. The van der Waals surface area contributed by atoms with Crippen molar-refractivity contribution >= 4 is 23.3 Å². The summed E-state index contributed by atoms with van der Waals surface area (Å²) >= 11 is 3.17. The molecule has 0 spiro atoms. The van der Waals surface area contributed by atoms with Gasteiger partial charge in [0.1, 0.15) is 6.33 Å². The first-order valence-corrected chi connectivity index (χ1v) is 7.21. The van der Waals surface area contributed by atoms with E-state index in [1.54, 1.807) is 18.1 Å². The van der Waals surface area contributed by atoms with Crippen LogP contribution in [0.1, 0.15) is 26.7 Å². The van der Waals surface area contributed by atoms with Crippen molar-refractivity contribution in [3.05, 3.63) is 6.33 Å². The molecule has 0 saturated carbocycles. The monoisotopic (exact) mass is 261 g/mol. The molecule has 0 saturated heterocycles. The minimum atomic E-state index is -0.142. The highest BCUT2D eigenvalue weighted by Crippen LogP contribution is 2.21. The zero-order valence-corrected chi connectivity index (χ0v) is 11.4. The molecule has 16 heavy (non-hydrogen) atoms. The highest BCUT2D eigenvalue weighted by molar-refractivity contribution is 8.00. The minimum absolute atomic E-state index is 0.142. The molecule has 0 radical (unpaired) electrons. The van der Waals surface area contributed by atoms with Gasteiger partial charge in [-0.05, 0) is 37.8 Å². The van der Waals surface area contributed by atoms with Crippen LogP contribution in [-0.4, -0.2) is 38.9 Å². The Kier molecular flexibility index (Phi) is 6.26. The van der Waals surface area contributed by atoms with Gasteiger partial charge in [0, 0.05) is 11.3 Å². The van der Waals surface area contributed by atoms with Gasteiger partial charge in [0.25, 0.3) is 0 Å². The number of aliphatic hydroxyl groups excluding tert-OH is 1. The molecule has 6 heteroatoms. The fourth-order valence-electron chi connectivity index (χ4n) is 1.50. The van der Waals surface area contributed by atoms with Crippen LogP contribution in [0.5, 0.6) is 0 Å². The minimum Gasteiger partial charge on any atom is -0.394 e. The van der Waals surface area contributed by atoms with Crippen LogP contribution in [0.15, 0.2) is 10.7 Å². The molecule has 0 aromatic carbocycles. The molecule has 1 heterocycles. The van der Waals surface area contributed by atoms with Crippen LogP contribution in [0.3, 0.4) is 0 Å². The SMILES string of the molecule is CCNC(C)(CO)CCCSc1ncns1. The Balaban J connectivity index is 2.18. The predicted molar refractivity (Wildman–Crippen MR) is 69.0 cm³/mol. The predicted octanol–water partition coefficient (Wildman–Crippen LogP) is 1.77. The molecule has 0 fully saturated rings. The maximum atomic E-state index is 9.31. The number of thioether (sulfide) groups is 1. The van der Waals surface area contributed by atoms with Crippen molar-refractivity contribution in [3.8, 4) is 0 Å². The molecule has 1 unspecified atom stereocenters. The van der Waals surface area contributed by atoms with Gasteiger partial charge in [0.15, 0.2) is 4.34 Å². The van der Waals surface area contributed by atoms with E-state index < -0.39 is 0 Å². The number of nitrogens with zero attached hydrogens (tertiary/aromatic N) is 2. The fourth-order valence-corrected chi connectivity index (χ4v) is 2.95. The van der Waals surface area contributed by atoms with Crippen molar-refractivity contribution in [2.24, 2.45) is 0 Å². The Morgan fingerprint density at radius 1 is 1.62 bits per heavy atom. The summed E-state index contributed by atoms with van der Waals surface area (Å²) in [6.07, 6.45) is 3.63. The van der Waals surface area contributed by atoms with Crippen LogP contribution in [0.2, 0.25) is 0 Å². The average molecular weight is 261 g/mol. The van der Waals surface area contributed by atoms with Crippen molar-refractivity contribution in [1.82, 2.24) is 14.7 Å². The summed E-state index contributed by atoms with van der Waals surface area (Å²) in [4.78, 5) is 4.11. The topological polar surface area (TPSA) is 58.0 Å². The zero-order chi connectivity index (χ0) is 11.9. The van der Waals surface area contributed by atoms with Crippen LogP contribution in [0.25, 0.3) is 0 Å². The van der Waals surface area contributed by atoms with Gasteiger partial charge in [-0.15, -0.1) is 0 Å². The molecule has 1 atom stereocenters. The van der Waals surface area contributed by atoms with E-state index in [0.717, 1.165) is 29.5 Å². The maximum absolute atomic E-state index is 9.31. The molecule has 2 N–H and O–H groups in total. The summed E-state index contributed by atoms with van der Waals surface area (Å²) in [7, 11) is 0. The van der Waals surface area contributed by atoms with E-state index in [0.29, 0.717) is 0 Å². The molecule has 0 amide bonds. The van der Waals surface area contributed by atoms with E-state index in [4.69, 9.17) is 0 Å². The smallest absolute Gasteiger partial charge is 0.169 e. The Morgan fingerprint density at radius 2 is 2.44 bits per heavy atom. The third-order valence-corrected chi connectivity index (χ3v) is 4.28. The molecule has 4 nitrogen and oxygen atoms in total. The van der Waals surface area contributed by atoms with Gasteiger partial charge in [0.05, 0.1) is 6.61 Å². The number of nitrogens with one attached hydrogen (secondary N) is 1. The van der Waals surface area contributed by atoms with Crippen molar-refractivity contribution in [2.45, 2.75) is 36.6 Å². The van der Waals surface area contributed by atoms with Crippen LogP contribution >= 0.6 is 23.3 Å². The summed E-state index contributed by atoms with van der Waals surface area (Å²) < 4.78 is 4.98. The second-order valence-corrected chi connectivity index (χ2v) is 6.03. The van der Waals surface area contributed by atoms with E-state index in [2.05, 4.69) is 28.5 Å². The van der Waals surface area contributed by atoms with E-state index in [-0.39, 0.29) is 12.1 Å². The van der Waals surface area contributed by atoms with Crippen LogP contribution in [0, 0.1) is 0 Å². The first-order chi connectivity index (χ1) is 7.70. The number of likely N-dealkylation sites (N-methyl/N-ethyl adjacent to an activating group) is 1. The number of rotatable bonds is 8. The third kappa shape index (κ3) is 4.78. The average Bonchev–Trinajstić information content (AvgIpc) is 2.78. The van der Waals surface area contributed by atoms with E-state index in [1.165, 1.54) is 11.5 Å². The Morgan fingerprint density at radius 3 is 3.00 bits per heavy atom. The maximum Gasteiger partial charge on any atom is 0.169 e. The summed E-state index contributed by atoms with van der Waals surface area (Å²) in [6.45, 7) is 5.20. The van der Waals surface area contributed by atoms with Crippen molar-refractivity contribution < 1.29 is 5.11 Å². The summed E-state index contributed by atoms with van der Waals surface area (Å²) in [5.74, 6) is 1.02. The Bertz CT molecular complexity index is 282. The van der Waals surface area contributed by atoms with Crippen molar-refractivity contribution in [1.29, 1.82) is 0 Å². The lowest BCUT2D eigenvalue weighted by Gasteiger charge is -2.28. The van der Waals surface area contributed by atoms with Crippen LogP contribution in [0.4, 0.5) is 0 Å².